The zero-order chi connectivity index (χ0) is 18.5. The second-order valence-corrected chi connectivity index (χ2v) is 5.59. The number of hydrogen-bond donors (Lipinski definition) is 1. The Morgan fingerprint density at radius 2 is 1.81 bits per heavy atom. The molecule has 0 aliphatic heterocycles. The van der Waals surface area contributed by atoms with Crippen LogP contribution < -0.4 is 5.32 Å². The van der Waals surface area contributed by atoms with E-state index >= 15 is 0 Å². The lowest BCUT2D eigenvalue weighted by Crippen LogP contribution is -2.13. The summed E-state index contributed by atoms with van der Waals surface area (Å²) in [6, 6.07) is 13.9. The van der Waals surface area contributed by atoms with Gasteiger partial charge < -0.3 is 19.2 Å². The van der Waals surface area contributed by atoms with Crippen molar-refractivity contribution in [2.75, 3.05) is 19.0 Å². The number of hydrogen-bond acceptors (Lipinski definition) is 5. The number of furan rings is 1. The average Bonchev–Trinajstić information content (AvgIpc) is 3.02. The first-order valence-electron chi connectivity index (χ1n) is 8.22. The molecule has 26 heavy (non-hydrogen) atoms. The van der Waals surface area contributed by atoms with Crippen molar-refractivity contribution in [2.45, 2.75) is 13.5 Å². The number of carbonyl (C=O) groups excluding carboxylic acids is 2. The molecule has 1 heterocycles. The smallest absolute Gasteiger partial charge is 0.338 e. The number of rotatable bonds is 6. The summed E-state index contributed by atoms with van der Waals surface area (Å²) in [4.78, 5) is 24.3. The topological polar surface area (TPSA) is 77.8 Å². The van der Waals surface area contributed by atoms with Gasteiger partial charge in [0.1, 0.15) is 5.58 Å². The van der Waals surface area contributed by atoms with Crippen LogP contribution in [0.5, 0.6) is 0 Å². The number of benzene rings is 2. The number of fused-ring (bicyclic) bond motifs is 1. The van der Waals surface area contributed by atoms with Gasteiger partial charge in [0.05, 0.1) is 18.8 Å². The van der Waals surface area contributed by atoms with E-state index in [0.29, 0.717) is 29.0 Å². The van der Waals surface area contributed by atoms with Crippen LogP contribution >= 0.6 is 0 Å². The fraction of sp³-hybridized carbons (Fsp3) is 0.200. The van der Waals surface area contributed by atoms with Crippen LogP contribution in [0.1, 0.15) is 33.4 Å². The standard InChI is InChI=1S/C20H19NO5/c1-3-25-20(23)13-8-10-14(11-9-13)21-19(22)18-16(12-24-2)15-6-4-5-7-17(15)26-18/h4-11H,3,12H2,1-2H3,(H,21,22). The molecule has 6 nitrogen and oxygen atoms in total. The van der Waals surface area contributed by atoms with Crippen molar-refractivity contribution in [1.29, 1.82) is 0 Å². The van der Waals surface area contributed by atoms with Crippen molar-refractivity contribution in [3.63, 3.8) is 0 Å². The highest BCUT2D eigenvalue weighted by molar-refractivity contribution is 6.06. The first-order chi connectivity index (χ1) is 12.6. The Labute approximate surface area is 150 Å². The van der Waals surface area contributed by atoms with E-state index in [9.17, 15) is 9.59 Å². The normalized spacial score (nSPS) is 10.7. The molecule has 0 radical (unpaired) electrons. The number of methoxy groups -OCH3 is 1. The molecular weight excluding hydrogens is 334 g/mol. The van der Waals surface area contributed by atoms with Gasteiger partial charge in [-0.3, -0.25) is 4.79 Å². The van der Waals surface area contributed by atoms with Gasteiger partial charge in [0, 0.05) is 23.7 Å². The molecule has 0 spiro atoms. The summed E-state index contributed by atoms with van der Waals surface area (Å²) in [5.74, 6) is -0.565. The number of esters is 1. The number of carbonyl (C=O) groups is 2. The summed E-state index contributed by atoms with van der Waals surface area (Å²) in [6.45, 7) is 2.32. The molecule has 6 heteroatoms. The fourth-order valence-corrected chi connectivity index (χ4v) is 2.66. The van der Waals surface area contributed by atoms with Crippen molar-refractivity contribution < 1.29 is 23.5 Å². The summed E-state index contributed by atoms with van der Waals surface area (Å²) < 4.78 is 15.9. The minimum atomic E-state index is -0.398. The number of anilines is 1. The predicted molar refractivity (Wildman–Crippen MR) is 97.3 cm³/mol. The minimum Gasteiger partial charge on any atom is -0.462 e. The van der Waals surface area contributed by atoms with Crippen LogP contribution in [0.15, 0.2) is 52.9 Å². The molecule has 0 aliphatic rings. The van der Waals surface area contributed by atoms with E-state index in [4.69, 9.17) is 13.9 Å². The van der Waals surface area contributed by atoms with Crippen molar-refractivity contribution in [1.82, 2.24) is 0 Å². The molecular formula is C20H19NO5. The monoisotopic (exact) mass is 353 g/mol. The van der Waals surface area contributed by atoms with Gasteiger partial charge in [-0.15, -0.1) is 0 Å². The van der Waals surface area contributed by atoms with Crippen LogP contribution in [0.4, 0.5) is 5.69 Å². The van der Waals surface area contributed by atoms with E-state index in [2.05, 4.69) is 5.32 Å². The summed E-state index contributed by atoms with van der Waals surface area (Å²) >= 11 is 0. The molecule has 3 aromatic rings. The number of para-hydroxylation sites is 1. The van der Waals surface area contributed by atoms with E-state index in [-0.39, 0.29) is 18.3 Å². The molecule has 0 saturated heterocycles. The molecule has 0 aliphatic carbocycles. The Morgan fingerprint density at radius 3 is 2.50 bits per heavy atom. The quantitative estimate of drug-likeness (QED) is 0.678. The first-order valence-corrected chi connectivity index (χ1v) is 8.22. The zero-order valence-corrected chi connectivity index (χ0v) is 14.6. The highest BCUT2D eigenvalue weighted by Gasteiger charge is 2.20. The van der Waals surface area contributed by atoms with E-state index in [1.165, 1.54) is 0 Å². The molecule has 1 aromatic heterocycles. The molecule has 0 unspecified atom stereocenters. The second kappa shape index (κ2) is 7.84. The van der Waals surface area contributed by atoms with Crippen molar-refractivity contribution in [2.24, 2.45) is 0 Å². The van der Waals surface area contributed by atoms with Gasteiger partial charge in [-0.2, -0.15) is 0 Å². The Balaban J connectivity index is 1.83. The van der Waals surface area contributed by atoms with Gasteiger partial charge in [-0.1, -0.05) is 18.2 Å². The third-order valence-electron chi connectivity index (χ3n) is 3.85. The Hall–Kier alpha value is -3.12. The SMILES string of the molecule is CCOC(=O)c1ccc(NC(=O)c2oc3ccccc3c2COC)cc1. The molecule has 1 N–H and O–H groups in total. The maximum atomic E-state index is 12.6. The molecule has 134 valence electrons. The van der Waals surface area contributed by atoms with E-state index in [0.717, 1.165) is 5.39 Å². The van der Waals surface area contributed by atoms with E-state index < -0.39 is 5.97 Å². The van der Waals surface area contributed by atoms with Crippen LogP contribution in [-0.2, 0) is 16.1 Å². The van der Waals surface area contributed by atoms with Crippen molar-refractivity contribution >= 4 is 28.5 Å². The van der Waals surface area contributed by atoms with Crippen molar-refractivity contribution in [3.8, 4) is 0 Å². The molecule has 0 atom stereocenters. The lowest BCUT2D eigenvalue weighted by atomic mass is 10.1. The number of amides is 1. The van der Waals surface area contributed by atoms with Crippen LogP contribution in [0.2, 0.25) is 0 Å². The number of ether oxygens (including phenoxy) is 2. The summed E-state index contributed by atoms with van der Waals surface area (Å²) in [5.41, 5.74) is 2.30. The van der Waals surface area contributed by atoms with Gasteiger partial charge in [0.15, 0.2) is 5.76 Å². The second-order valence-electron chi connectivity index (χ2n) is 5.59. The number of nitrogens with one attached hydrogen (secondary N) is 1. The van der Waals surface area contributed by atoms with E-state index in [1.54, 1.807) is 44.4 Å². The molecule has 1 amide bonds. The fourth-order valence-electron chi connectivity index (χ4n) is 2.66. The van der Waals surface area contributed by atoms with Gasteiger partial charge in [-0.25, -0.2) is 4.79 Å². The maximum absolute atomic E-state index is 12.6. The van der Waals surface area contributed by atoms with Crippen LogP contribution in [0, 0.1) is 0 Å². The minimum absolute atomic E-state index is 0.211. The summed E-state index contributed by atoms with van der Waals surface area (Å²) in [7, 11) is 1.57. The summed E-state index contributed by atoms with van der Waals surface area (Å²) in [6.07, 6.45) is 0. The van der Waals surface area contributed by atoms with Gasteiger partial charge in [0.25, 0.3) is 5.91 Å². The van der Waals surface area contributed by atoms with Crippen LogP contribution in [-0.4, -0.2) is 25.6 Å². The molecule has 0 bridgehead atoms. The largest absolute Gasteiger partial charge is 0.462 e. The first kappa shape index (κ1) is 17.7. The van der Waals surface area contributed by atoms with Gasteiger partial charge in [0.2, 0.25) is 0 Å². The Bertz CT molecular complexity index is 927. The highest BCUT2D eigenvalue weighted by atomic mass is 16.5. The predicted octanol–water partition coefficient (Wildman–Crippen LogP) is 4.01. The Kier molecular flexibility index (Phi) is 5.34. The molecule has 2 aromatic carbocycles. The van der Waals surface area contributed by atoms with Crippen LogP contribution in [0.25, 0.3) is 11.0 Å². The highest BCUT2D eigenvalue weighted by Crippen LogP contribution is 2.27. The summed E-state index contributed by atoms with van der Waals surface area (Å²) in [5, 5.41) is 3.62. The lowest BCUT2D eigenvalue weighted by molar-refractivity contribution is 0.0526. The third kappa shape index (κ3) is 3.60. The van der Waals surface area contributed by atoms with Gasteiger partial charge >= 0.3 is 5.97 Å². The zero-order valence-electron chi connectivity index (χ0n) is 14.6. The van der Waals surface area contributed by atoms with E-state index in [1.807, 2.05) is 18.2 Å². The lowest BCUT2D eigenvalue weighted by Gasteiger charge is -2.06. The molecule has 0 saturated carbocycles. The van der Waals surface area contributed by atoms with Crippen LogP contribution in [0.3, 0.4) is 0 Å². The molecule has 0 fully saturated rings. The maximum Gasteiger partial charge on any atom is 0.338 e. The Morgan fingerprint density at radius 1 is 1.08 bits per heavy atom. The molecule has 3 rings (SSSR count). The van der Waals surface area contributed by atoms with Gasteiger partial charge in [-0.05, 0) is 37.3 Å². The van der Waals surface area contributed by atoms with Crippen molar-refractivity contribution in [3.05, 3.63) is 65.4 Å². The average molecular weight is 353 g/mol. The third-order valence-corrected chi connectivity index (χ3v) is 3.85.